The van der Waals surface area contributed by atoms with Crippen molar-refractivity contribution in [2.24, 2.45) is 0 Å². The number of aliphatic carboxylic acids is 1. The number of sulfone groups is 1. The Hall–Kier alpha value is -1.93. The second kappa shape index (κ2) is 8.18. The molecule has 1 aromatic carbocycles. The standard InChI is InChI=1S/C18H26N2O5S/c1-4-20(11-17(21)22)15-9-14(10-15)19-18(23)13-5-7-16(8-6-13)26(24,25)12(2)3/h5-8,12,14-15H,4,9-11H2,1-3H3,(H,19,23)(H,21,22). The molecule has 1 aliphatic carbocycles. The van der Waals surface area contributed by atoms with Crippen molar-refractivity contribution in [3.05, 3.63) is 29.8 Å². The zero-order valence-corrected chi connectivity index (χ0v) is 16.1. The number of carbonyl (C=O) groups excluding carboxylic acids is 1. The smallest absolute Gasteiger partial charge is 0.317 e. The predicted octanol–water partition coefficient (Wildman–Crippen LogP) is 1.54. The van der Waals surface area contributed by atoms with Crippen LogP contribution in [0, 0.1) is 0 Å². The molecule has 26 heavy (non-hydrogen) atoms. The fraction of sp³-hybridized carbons (Fsp3) is 0.556. The number of rotatable bonds is 8. The molecule has 0 bridgehead atoms. The monoisotopic (exact) mass is 382 g/mol. The number of carboxylic acids is 1. The summed E-state index contributed by atoms with van der Waals surface area (Å²) in [6, 6.07) is 6.13. The maximum absolute atomic E-state index is 12.3. The summed E-state index contributed by atoms with van der Waals surface area (Å²) in [4.78, 5) is 25.2. The third kappa shape index (κ3) is 4.62. The minimum Gasteiger partial charge on any atom is -0.480 e. The highest BCUT2D eigenvalue weighted by Gasteiger charge is 2.34. The Morgan fingerprint density at radius 1 is 1.23 bits per heavy atom. The van der Waals surface area contributed by atoms with Crippen LogP contribution in [-0.4, -0.2) is 60.7 Å². The van der Waals surface area contributed by atoms with Gasteiger partial charge in [0.15, 0.2) is 9.84 Å². The third-order valence-electron chi connectivity index (χ3n) is 4.77. The largest absolute Gasteiger partial charge is 0.480 e. The number of likely N-dealkylation sites (N-methyl/N-ethyl adjacent to an activating group) is 1. The molecule has 1 aromatic rings. The lowest BCUT2D eigenvalue weighted by atomic mass is 9.85. The van der Waals surface area contributed by atoms with Crippen LogP contribution in [0.5, 0.6) is 0 Å². The van der Waals surface area contributed by atoms with E-state index in [0.717, 1.165) is 0 Å². The number of nitrogens with one attached hydrogen (secondary N) is 1. The summed E-state index contributed by atoms with van der Waals surface area (Å²) >= 11 is 0. The maximum Gasteiger partial charge on any atom is 0.317 e. The van der Waals surface area contributed by atoms with Crippen LogP contribution in [0.2, 0.25) is 0 Å². The van der Waals surface area contributed by atoms with Gasteiger partial charge in [0.2, 0.25) is 0 Å². The van der Waals surface area contributed by atoms with Gasteiger partial charge < -0.3 is 10.4 Å². The molecular weight excluding hydrogens is 356 g/mol. The fourth-order valence-corrected chi connectivity index (χ4v) is 4.07. The van der Waals surface area contributed by atoms with Crippen molar-refractivity contribution in [2.75, 3.05) is 13.1 Å². The Bertz CT molecular complexity index is 752. The molecule has 0 aliphatic heterocycles. The highest BCUT2D eigenvalue weighted by Crippen LogP contribution is 2.26. The Morgan fingerprint density at radius 2 is 1.81 bits per heavy atom. The summed E-state index contributed by atoms with van der Waals surface area (Å²) in [6.45, 7) is 5.82. The normalized spacial score (nSPS) is 20.0. The van der Waals surface area contributed by atoms with Crippen molar-refractivity contribution in [2.45, 2.75) is 55.8 Å². The van der Waals surface area contributed by atoms with E-state index in [-0.39, 0.29) is 29.4 Å². The van der Waals surface area contributed by atoms with Gasteiger partial charge in [-0.05, 0) is 57.5 Å². The van der Waals surface area contributed by atoms with Crippen LogP contribution < -0.4 is 5.32 Å². The topological polar surface area (TPSA) is 104 Å². The van der Waals surface area contributed by atoms with Crippen molar-refractivity contribution >= 4 is 21.7 Å². The van der Waals surface area contributed by atoms with Crippen LogP contribution in [0.1, 0.15) is 44.0 Å². The Labute approximate surface area is 154 Å². The van der Waals surface area contributed by atoms with Crippen LogP contribution in [-0.2, 0) is 14.6 Å². The lowest BCUT2D eigenvalue weighted by molar-refractivity contribution is -0.139. The maximum atomic E-state index is 12.3. The van der Waals surface area contributed by atoms with Crippen molar-refractivity contribution in [1.29, 1.82) is 0 Å². The van der Waals surface area contributed by atoms with E-state index in [1.807, 2.05) is 11.8 Å². The minimum atomic E-state index is -3.35. The zero-order chi connectivity index (χ0) is 19.5. The Morgan fingerprint density at radius 3 is 2.27 bits per heavy atom. The zero-order valence-electron chi connectivity index (χ0n) is 15.3. The van der Waals surface area contributed by atoms with Crippen molar-refractivity contribution in [3.8, 4) is 0 Å². The summed E-state index contributed by atoms with van der Waals surface area (Å²) in [7, 11) is -3.35. The summed E-state index contributed by atoms with van der Waals surface area (Å²) in [5.41, 5.74) is 0.411. The highest BCUT2D eigenvalue weighted by molar-refractivity contribution is 7.92. The van der Waals surface area contributed by atoms with Gasteiger partial charge in [0.05, 0.1) is 16.7 Å². The van der Waals surface area contributed by atoms with E-state index >= 15 is 0 Å². The molecule has 0 radical (unpaired) electrons. The first-order valence-corrected chi connectivity index (χ1v) is 10.3. The average Bonchev–Trinajstić information content (AvgIpc) is 2.55. The second-order valence-corrected chi connectivity index (χ2v) is 9.37. The van der Waals surface area contributed by atoms with Gasteiger partial charge in [-0.2, -0.15) is 0 Å². The number of benzene rings is 1. The van der Waals surface area contributed by atoms with Crippen molar-refractivity contribution in [3.63, 3.8) is 0 Å². The number of amides is 1. The molecule has 0 spiro atoms. The molecule has 1 saturated carbocycles. The Kier molecular flexibility index (Phi) is 6.41. The lowest BCUT2D eigenvalue weighted by Crippen LogP contribution is -2.54. The molecule has 0 heterocycles. The average molecular weight is 382 g/mol. The number of carbonyl (C=O) groups is 2. The first-order valence-electron chi connectivity index (χ1n) is 8.75. The second-order valence-electron chi connectivity index (χ2n) is 6.87. The first kappa shape index (κ1) is 20.4. The summed E-state index contributed by atoms with van der Waals surface area (Å²) in [6.07, 6.45) is 1.43. The SMILES string of the molecule is CCN(CC(=O)O)C1CC(NC(=O)c2ccc(S(=O)(=O)C(C)C)cc2)C1. The van der Waals surface area contributed by atoms with E-state index in [2.05, 4.69) is 5.32 Å². The minimum absolute atomic E-state index is 0.00756. The molecule has 0 saturated heterocycles. The number of hydrogen-bond acceptors (Lipinski definition) is 5. The van der Waals surface area contributed by atoms with Gasteiger partial charge in [-0.3, -0.25) is 14.5 Å². The van der Waals surface area contributed by atoms with Gasteiger partial charge in [0.1, 0.15) is 0 Å². The van der Waals surface area contributed by atoms with E-state index in [1.54, 1.807) is 13.8 Å². The van der Waals surface area contributed by atoms with E-state index in [9.17, 15) is 18.0 Å². The van der Waals surface area contributed by atoms with E-state index in [4.69, 9.17) is 5.11 Å². The van der Waals surface area contributed by atoms with Crippen LogP contribution >= 0.6 is 0 Å². The molecule has 144 valence electrons. The lowest BCUT2D eigenvalue weighted by Gasteiger charge is -2.42. The summed E-state index contributed by atoms with van der Waals surface area (Å²) < 4.78 is 24.2. The van der Waals surface area contributed by atoms with Gasteiger partial charge >= 0.3 is 5.97 Å². The van der Waals surface area contributed by atoms with E-state index in [0.29, 0.717) is 24.9 Å². The molecule has 1 amide bonds. The molecule has 0 atom stereocenters. The molecule has 0 unspecified atom stereocenters. The fourth-order valence-electron chi connectivity index (χ4n) is 3.01. The van der Waals surface area contributed by atoms with Gasteiger partial charge in [0.25, 0.3) is 5.91 Å². The molecule has 1 fully saturated rings. The molecular formula is C18H26N2O5S. The number of hydrogen-bond donors (Lipinski definition) is 2. The van der Waals surface area contributed by atoms with Crippen LogP contribution in [0.4, 0.5) is 0 Å². The first-order chi connectivity index (χ1) is 12.1. The Balaban J connectivity index is 1.91. The van der Waals surface area contributed by atoms with Gasteiger partial charge in [-0.15, -0.1) is 0 Å². The molecule has 1 aliphatic rings. The molecule has 0 aromatic heterocycles. The van der Waals surface area contributed by atoms with Crippen LogP contribution in [0.25, 0.3) is 0 Å². The van der Waals surface area contributed by atoms with Crippen molar-refractivity contribution in [1.82, 2.24) is 10.2 Å². The predicted molar refractivity (Wildman–Crippen MR) is 97.9 cm³/mol. The quantitative estimate of drug-likeness (QED) is 0.707. The number of nitrogens with zero attached hydrogens (tertiary/aromatic N) is 1. The van der Waals surface area contributed by atoms with Gasteiger partial charge in [-0.1, -0.05) is 6.92 Å². The molecule has 2 rings (SSSR count). The molecule has 8 heteroatoms. The summed E-state index contributed by atoms with van der Waals surface area (Å²) in [5, 5.41) is 11.3. The summed E-state index contributed by atoms with van der Waals surface area (Å²) in [5.74, 6) is -1.10. The van der Waals surface area contributed by atoms with Crippen LogP contribution in [0.15, 0.2) is 29.2 Å². The van der Waals surface area contributed by atoms with Gasteiger partial charge in [0, 0.05) is 17.6 Å². The van der Waals surface area contributed by atoms with Gasteiger partial charge in [-0.25, -0.2) is 8.42 Å². The molecule has 7 nitrogen and oxygen atoms in total. The van der Waals surface area contributed by atoms with Crippen LogP contribution in [0.3, 0.4) is 0 Å². The van der Waals surface area contributed by atoms with Crippen molar-refractivity contribution < 1.29 is 23.1 Å². The number of carboxylic acid groups (broad SMARTS) is 1. The third-order valence-corrected chi connectivity index (χ3v) is 6.95. The van der Waals surface area contributed by atoms with E-state index < -0.39 is 21.1 Å². The highest BCUT2D eigenvalue weighted by atomic mass is 32.2. The molecule has 2 N–H and O–H groups in total. The van der Waals surface area contributed by atoms with E-state index in [1.165, 1.54) is 24.3 Å².